The monoisotopic (exact) mass is 1190 g/mol. The quantitative estimate of drug-likeness (QED) is 0.0932. The number of hydrogen-bond donors (Lipinski definition) is 3. The van der Waals surface area contributed by atoms with Crippen LogP contribution in [0.25, 0.3) is 47.8 Å². The second-order valence-electron chi connectivity index (χ2n) is 22.6. The van der Waals surface area contributed by atoms with Crippen LogP contribution in [-0.4, -0.2) is 53.8 Å². The number of halogens is 6. The molecular weight excluding hydrogens is 1140 g/mol. The molecule has 4 saturated carbocycles. The van der Waals surface area contributed by atoms with Gasteiger partial charge < -0.3 is 33.8 Å². The van der Waals surface area contributed by atoms with E-state index in [-0.39, 0.29) is 47.7 Å². The zero-order valence-corrected chi connectivity index (χ0v) is 47.9. The molecule has 21 heteroatoms. The van der Waals surface area contributed by atoms with Gasteiger partial charge in [-0.25, -0.2) is 28.4 Å². The molecule has 412 valence electrons. The minimum absolute atomic E-state index is 0.0698. The maximum absolute atomic E-state index is 14.6. The Morgan fingerprint density at radius 1 is 0.684 bits per heavy atom. The van der Waals surface area contributed by atoms with E-state index in [0.717, 1.165) is 65.7 Å². The summed E-state index contributed by atoms with van der Waals surface area (Å²) in [6, 6.07) is 15.8. The van der Waals surface area contributed by atoms with Gasteiger partial charge in [-0.05, 0) is 124 Å². The average Bonchev–Trinajstić information content (AvgIpc) is 4.41. The first-order valence-corrected chi connectivity index (χ1v) is 29.1. The van der Waals surface area contributed by atoms with Crippen LogP contribution in [-0.2, 0) is 33.9 Å². The van der Waals surface area contributed by atoms with Gasteiger partial charge in [-0.3, -0.25) is 0 Å². The summed E-state index contributed by atoms with van der Waals surface area (Å²) in [4.78, 5) is 23.6. The molecule has 0 amide bonds. The van der Waals surface area contributed by atoms with Crippen LogP contribution in [0.15, 0.2) is 69.7 Å². The minimum atomic E-state index is -1.30. The Morgan fingerprint density at radius 3 is 1.49 bits per heavy atom. The predicted octanol–water partition coefficient (Wildman–Crippen LogP) is 16.8. The molecule has 4 aromatic carbocycles. The Morgan fingerprint density at radius 2 is 1.10 bits per heavy atom. The predicted molar refractivity (Wildman–Crippen MR) is 300 cm³/mol. The summed E-state index contributed by atoms with van der Waals surface area (Å²) in [5.41, 5.74) is 1.08. The Balaban J connectivity index is 0.000000167. The Labute approximate surface area is 481 Å². The van der Waals surface area contributed by atoms with Crippen molar-refractivity contribution < 1.29 is 47.4 Å². The van der Waals surface area contributed by atoms with Crippen molar-refractivity contribution in [2.45, 2.75) is 140 Å². The maximum Gasteiger partial charge on any atom is 0.335 e. The highest BCUT2D eigenvalue weighted by atomic mass is 35.5. The second kappa shape index (κ2) is 21.3. The number of ether oxygens (including phenoxy) is 2. The summed E-state index contributed by atoms with van der Waals surface area (Å²) in [6.45, 7) is 15.9. The first-order chi connectivity index (χ1) is 37.6. The molecule has 0 aliphatic heterocycles. The van der Waals surface area contributed by atoms with E-state index < -0.39 is 39.6 Å². The molecule has 13 nitrogen and oxygen atoms in total. The van der Waals surface area contributed by atoms with Crippen molar-refractivity contribution in [3.05, 3.63) is 142 Å². The molecule has 79 heavy (non-hydrogen) atoms. The third-order valence-electron chi connectivity index (χ3n) is 15.7. The van der Waals surface area contributed by atoms with Crippen LogP contribution in [0.4, 0.5) is 14.5 Å². The number of hydrogen-bond acceptors (Lipinski definition) is 13. The molecule has 4 aliphatic carbocycles. The third-order valence-corrected chi connectivity index (χ3v) is 19.4. The van der Waals surface area contributed by atoms with Gasteiger partial charge in [-0.2, -0.15) is 0 Å². The van der Waals surface area contributed by atoms with E-state index in [9.17, 15) is 28.9 Å². The number of aromatic carboxylic acids is 1. The minimum Gasteiger partial charge on any atom is -0.478 e. The number of aromatic nitrogens is 4. The lowest BCUT2D eigenvalue weighted by Gasteiger charge is -2.45. The molecule has 8 aromatic rings. The normalized spacial score (nSPS) is 22.7. The molecule has 4 atom stereocenters. The summed E-state index contributed by atoms with van der Waals surface area (Å²) >= 11 is 28.4. The molecule has 4 fully saturated rings. The highest BCUT2D eigenvalue weighted by molar-refractivity contribution is 7.19. The molecule has 0 saturated heterocycles. The fraction of sp³-hybridized carbons (Fsp3) is 0.414. The number of thiazole rings is 2. The van der Waals surface area contributed by atoms with Gasteiger partial charge in [0.15, 0.2) is 11.5 Å². The van der Waals surface area contributed by atoms with Gasteiger partial charge in [0.1, 0.15) is 61.0 Å². The zero-order valence-electron chi connectivity index (χ0n) is 43.3. The SMILES string of the molecule is CC1(C)C[C@](O)(c2nc3c(F)cc(C(=O)O)cc3s2)CC[C@H]1OCc1c(-c2c(Cl)cccc2Cl)noc1C1CC1.[C-]#[N+]c1cc(F)c2nc([C@]3(O)CC[C@@H](OCc4c(-c5c(Cl)cccc5Cl)noc4C4CC4)C(C)(C)C3)sc2c1. The van der Waals surface area contributed by atoms with Crippen LogP contribution in [0.2, 0.25) is 20.1 Å². The van der Waals surface area contributed by atoms with E-state index in [4.69, 9.17) is 71.5 Å². The lowest BCUT2D eigenvalue weighted by atomic mass is 9.68. The number of aliphatic hydroxyl groups is 2. The van der Waals surface area contributed by atoms with Gasteiger partial charge in [0.2, 0.25) is 0 Å². The number of fused-ring (bicyclic) bond motifs is 2. The first-order valence-electron chi connectivity index (χ1n) is 25.9. The van der Waals surface area contributed by atoms with Gasteiger partial charge in [0.05, 0.1) is 62.3 Å². The molecule has 4 aromatic heterocycles. The Kier molecular flexibility index (Phi) is 15.1. The molecule has 0 radical (unpaired) electrons. The number of carbonyl (C=O) groups is 1. The molecule has 0 spiro atoms. The van der Waals surface area contributed by atoms with E-state index in [1.807, 2.05) is 13.8 Å². The number of nitrogens with zero attached hydrogens (tertiary/aromatic N) is 5. The largest absolute Gasteiger partial charge is 0.478 e. The van der Waals surface area contributed by atoms with E-state index in [1.54, 1.807) is 42.5 Å². The van der Waals surface area contributed by atoms with Gasteiger partial charge in [-0.15, -0.1) is 22.7 Å². The van der Waals surface area contributed by atoms with E-state index in [0.29, 0.717) is 112 Å². The fourth-order valence-corrected chi connectivity index (χ4v) is 14.8. The summed E-state index contributed by atoms with van der Waals surface area (Å²) in [7, 11) is 0. The van der Waals surface area contributed by atoms with Crippen LogP contribution < -0.4 is 0 Å². The number of carboxylic acids is 1. The van der Waals surface area contributed by atoms with Crippen molar-refractivity contribution in [2.24, 2.45) is 10.8 Å². The van der Waals surface area contributed by atoms with Crippen LogP contribution in [0.1, 0.15) is 147 Å². The zero-order chi connectivity index (χ0) is 55.9. The van der Waals surface area contributed by atoms with Gasteiger partial charge in [0, 0.05) is 38.8 Å². The van der Waals surface area contributed by atoms with Crippen molar-refractivity contribution in [2.75, 3.05) is 0 Å². The summed E-state index contributed by atoms with van der Waals surface area (Å²) in [5.74, 6) is -0.243. The maximum atomic E-state index is 14.6. The summed E-state index contributed by atoms with van der Waals surface area (Å²) in [6.07, 6.45) is 6.40. The highest BCUT2D eigenvalue weighted by Gasteiger charge is 2.50. The van der Waals surface area contributed by atoms with Crippen molar-refractivity contribution in [1.82, 2.24) is 20.3 Å². The first kappa shape index (κ1) is 55.8. The van der Waals surface area contributed by atoms with Crippen LogP contribution in [0.5, 0.6) is 0 Å². The van der Waals surface area contributed by atoms with Crippen molar-refractivity contribution in [3.8, 4) is 22.5 Å². The van der Waals surface area contributed by atoms with Gasteiger partial charge in [-0.1, -0.05) is 96.5 Å². The van der Waals surface area contributed by atoms with Crippen molar-refractivity contribution in [1.29, 1.82) is 0 Å². The molecule has 0 unspecified atom stereocenters. The number of benzene rings is 4. The van der Waals surface area contributed by atoms with Gasteiger partial charge in [0.25, 0.3) is 0 Å². The molecule has 3 N–H and O–H groups in total. The topological polar surface area (TPSA) is 178 Å². The van der Waals surface area contributed by atoms with Crippen LogP contribution in [0, 0.1) is 29.0 Å². The Bertz CT molecular complexity index is 3700. The van der Waals surface area contributed by atoms with Crippen molar-refractivity contribution in [3.63, 3.8) is 0 Å². The Hall–Kier alpha value is -5.10. The number of carboxylic acid groups (broad SMARTS) is 1. The lowest BCUT2D eigenvalue weighted by molar-refractivity contribution is -0.130. The third kappa shape index (κ3) is 11.0. The van der Waals surface area contributed by atoms with Crippen molar-refractivity contribution >= 4 is 101 Å². The average molecular weight is 1190 g/mol. The molecule has 12 rings (SSSR count). The molecule has 4 aliphatic rings. The van der Waals surface area contributed by atoms with E-state index in [1.165, 1.54) is 23.5 Å². The lowest BCUT2D eigenvalue weighted by Crippen LogP contribution is -2.45. The molecule has 4 heterocycles. The van der Waals surface area contributed by atoms with E-state index in [2.05, 4.69) is 39.0 Å². The van der Waals surface area contributed by atoms with E-state index >= 15 is 0 Å². The second-order valence-corrected chi connectivity index (χ2v) is 26.3. The fourth-order valence-electron chi connectivity index (χ4n) is 11.4. The summed E-state index contributed by atoms with van der Waals surface area (Å²) < 4.78 is 54.7. The summed E-state index contributed by atoms with van der Waals surface area (Å²) in [5, 5.41) is 44.2. The molecular formula is C58H53Cl4F2N5O8S2. The smallest absolute Gasteiger partial charge is 0.335 e. The number of rotatable bonds is 13. The van der Waals surface area contributed by atoms with Crippen LogP contribution in [0.3, 0.4) is 0 Å². The van der Waals surface area contributed by atoms with Crippen LogP contribution >= 0.6 is 69.1 Å². The van der Waals surface area contributed by atoms with Gasteiger partial charge >= 0.3 is 5.97 Å². The highest BCUT2D eigenvalue weighted by Crippen LogP contribution is 2.53. The molecule has 0 bridgehead atoms. The standard InChI is InChI=1S/C29H26Cl2FN3O3S.C29H27Cl2FN2O5S/c1-28(2)14-29(36,27-34-25-20(32)11-16(33-3)12-21(25)39-27)10-9-22(28)37-13-17-24(35-38-26(17)15-7-8-15)23-18(30)5-4-6-19(23)31;1-28(2)13-29(37,27-33-24-19(32)10-15(26(35)36)11-20(24)40-27)9-8-21(28)38-12-16-23(34-39-25(16)14-6-7-14)22-17(30)4-3-5-18(22)31/h4-6,11-12,15,22,36H,7-10,13-14H2,1-2H3;3-5,10-11,14,21,37H,6-9,12-13H2,1-2H3,(H,35,36)/t22-,29+;21-,29+/m11/s1.